The van der Waals surface area contributed by atoms with Gasteiger partial charge in [0.05, 0.1) is 25.0 Å². The molecule has 0 aliphatic heterocycles. The number of halogens is 3. The molecular weight excluding hydrogens is 478 g/mol. The summed E-state index contributed by atoms with van der Waals surface area (Å²) in [4.78, 5) is 15.6. The first-order chi connectivity index (χ1) is 11.6. The van der Waals surface area contributed by atoms with Crippen LogP contribution in [0.15, 0.2) is 36.4 Å². The number of hydrogen-bond acceptors (Lipinski definition) is 4. The number of amides is 1. The fraction of sp³-hybridized carbons (Fsp3) is 0.278. The van der Waals surface area contributed by atoms with E-state index in [9.17, 15) is 4.79 Å². The van der Waals surface area contributed by atoms with Gasteiger partial charge in [0.1, 0.15) is 0 Å². The Hall–Kier alpha value is -1.58. The normalized spacial score (nSPS) is 8.50. The summed E-state index contributed by atoms with van der Waals surface area (Å²) < 4.78 is 11.0. The number of ether oxygens (including phenoxy) is 2. The summed E-state index contributed by atoms with van der Waals surface area (Å²) in [7, 11) is 0. The van der Waals surface area contributed by atoms with Gasteiger partial charge in [0.25, 0.3) is 5.91 Å². The minimum atomic E-state index is -0.257. The van der Waals surface area contributed by atoms with Gasteiger partial charge in [0.2, 0.25) is 11.1 Å². The number of anilines is 1. The fourth-order valence-corrected chi connectivity index (χ4v) is 2.17. The van der Waals surface area contributed by atoms with Crippen LogP contribution in [0, 0.1) is 12.3 Å². The molecule has 2 aromatic rings. The van der Waals surface area contributed by atoms with Crippen LogP contribution < -0.4 is 52.0 Å². The second kappa shape index (κ2) is 15.4. The third-order valence-corrected chi connectivity index (χ3v) is 3.33. The molecule has 1 amide bonds. The molecule has 148 valence electrons. The molecule has 0 radical (unpaired) electrons. The molecule has 0 aliphatic rings. The van der Waals surface area contributed by atoms with E-state index < -0.39 is 0 Å². The van der Waals surface area contributed by atoms with Gasteiger partial charge in [-0.3, -0.25) is 4.79 Å². The summed E-state index contributed by atoms with van der Waals surface area (Å²) in [5.74, 6) is 0.518. The molecule has 28 heavy (non-hydrogen) atoms. The van der Waals surface area contributed by atoms with Crippen molar-refractivity contribution in [3.8, 4) is 11.5 Å². The van der Waals surface area contributed by atoms with Gasteiger partial charge >= 0.3 is 25.2 Å². The van der Waals surface area contributed by atoms with Gasteiger partial charge in [0.15, 0.2) is 10.7 Å². The van der Waals surface area contributed by atoms with Crippen molar-refractivity contribution in [2.45, 2.75) is 20.8 Å². The van der Waals surface area contributed by atoms with Crippen LogP contribution in [0.25, 0.3) is 4.98 Å². The average molecular weight is 498 g/mol. The molecule has 2 rings (SSSR count). The predicted octanol–water partition coefficient (Wildman–Crippen LogP) is -4.46. The van der Waals surface area contributed by atoms with Crippen molar-refractivity contribution in [1.29, 1.82) is 5.39 Å². The number of hydrogen-bond donors (Lipinski definition) is 1. The molecule has 10 heteroatoms. The third kappa shape index (κ3) is 8.20. The molecule has 0 bridgehead atoms. The van der Waals surface area contributed by atoms with E-state index in [2.05, 4.69) is 10.3 Å². The number of benzene rings is 2. The first-order valence-electron chi connectivity index (χ1n) is 7.75. The summed E-state index contributed by atoms with van der Waals surface area (Å²) in [6, 6.07) is 10.4. The second-order valence-electron chi connectivity index (χ2n) is 5.10. The maximum atomic E-state index is 12.4. The second-order valence-corrected chi connectivity index (χ2v) is 5.10. The van der Waals surface area contributed by atoms with Crippen LogP contribution in [-0.4, -0.2) is 19.1 Å². The van der Waals surface area contributed by atoms with E-state index >= 15 is 0 Å². The first kappa shape index (κ1) is 31.1. The number of aryl methyl sites for hydroxylation is 1. The van der Waals surface area contributed by atoms with Crippen molar-refractivity contribution in [2.24, 2.45) is 0 Å². The van der Waals surface area contributed by atoms with E-state index in [1.165, 1.54) is 6.07 Å². The van der Waals surface area contributed by atoms with Crippen LogP contribution in [0.4, 0.5) is 11.4 Å². The monoisotopic (exact) mass is 495 g/mol. The molecule has 0 atom stereocenters. The van der Waals surface area contributed by atoms with Crippen molar-refractivity contribution in [1.82, 2.24) is 0 Å². The van der Waals surface area contributed by atoms with Gasteiger partial charge in [0, 0.05) is 11.6 Å². The molecular formula is C18H20Cl3N3O3Zn. The zero-order valence-electron chi connectivity index (χ0n) is 15.8. The molecule has 0 fully saturated rings. The van der Waals surface area contributed by atoms with Crippen molar-refractivity contribution in [2.75, 3.05) is 18.5 Å². The minimum absolute atomic E-state index is 0. The topological polar surface area (TPSA) is 75.7 Å². The predicted molar refractivity (Wildman–Crippen MR) is 92.7 cm³/mol. The van der Waals surface area contributed by atoms with Gasteiger partial charge in [-0.05, 0) is 32.9 Å². The zero-order chi connectivity index (χ0) is 17.5. The molecule has 2 aromatic carbocycles. The van der Waals surface area contributed by atoms with Crippen molar-refractivity contribution in [3.05, 3.63) is 52.5 Å². The molecule has 1 N–H and O–H groups in total. The van der Waals surface area contributed by atoms with Gasteiger partial charge in [-0.1, -0.05) is 17.7 Å². The Morgan fingerprint density at radius 3 is 2.04 bits per heavy atom. The van der Waals surface area contributed by atoms with Crippen molar-refractivity contribution in [3.63, 3.8) is 0 Å². The summed E-state index contributed by atoms with van der Waals surface area (Å²) in [5.41, 5.74) is 2.32. The van der Waals surface area contributed by atoms with Gasteiger partial charge < -0.3 is 52.0 Å². The zero-order valence-corrected chi connectivity index (χ0v) is 21.1. The van der Waals surface area contributed by atoms with E-state index in [1.807, 2.05) is 32.9 Å². The van der Waals surface area contributed by atoms with E-state index in [1.54, 1.807) is 18.2 Å². The largest absolute Gasteiger partial charge is 2.00 e. The Morgan fingerprint density at radius 1 is 1.00 bits per heavy atom. The van der Waals surface area contributed by atoms with Crippen LogP contribution in [0.1, 0.15) is 29.8 Å². The third-order valence-electron chi connectivity index (χ3n) is 3.33. The molecule has 0 aromatic heterocycles. The molecule has 0 heterocycles. The van der Waals surface area contributed by atoms with Gasteiger partial charge in [-0.25, -0.2) is 0 Å². The van der Waals surface area contributed by atoms with Crippen LogP contribution in [-0.2, 0) is 19.5 Å². The standard InChI is InChI=1S/C18H19N3O3.3ClH.Zn/c1-4-23-16-11-15(21-19)17(24-5-2)10-14(16)20-18(22)13-8-6-12(3)7-9-13;;;;/h6-11H,4-5H2,1-3H3;3*1H;/q;;;;+2/p-2. The van der Waals surface area contributed by atoms with Gasteiger partial charge in [-0.15, -0.1) is 0 Å². The van der Waals surface area contributed by atoms with Crippen LogP contribution in [0.5, 0.6) is 11.5 Å². The Bertz CT molecular complexity index is 784. The van der Waals surface area contributed by atoms with E-state index in [-0.39, 0.29) is 68.3 Å². The number of carbonyl (C=O) groups excluding carboxylic acids is 1. The number of diazo groups is 1. The number of nitrogens with zero attached hydrogens (tertiary/aromatic N) is 2. The van der Waals surface area contributed by atoms with Crippen molar-refractivity contribution >= 4 is 17.3 Å². The molecule has 6 nitrogen and oxygen atoms in total. The quantitative estimate of drug-likeness (QED) is 0.323. The Morgan fingerprint density at radius 2 is 1.54 bits per heavy atom. The number of nitrogens with one attached hydrogen (secondary N) is 1. The summed E-state index contributed by atoms with van der Waals surface area (Å²) >= 11 is 0. The molecule has 0 aliphatic carbocycles. The summed E-state index contributed by atoms with van der Waals surface area (Å²) in [5, 5.41) is 11.9. The molecule has 0 spiro atoms. The Balaban J connectivity index is -0.00000156. The Labute approximate surface area is 196 Å². The maximum absolute atomic E-state index is 12.4. The minimum Gasteiger partial charge on any atom is -1.00 e. The smallest absolute Gasteiger partial charge is 1.00 e. The van der Waals surface area contributed by atoms with E-state index in [4.69, 9.17) is 14.9 Å². The van der Waals surface area contributed by atoms with Crippen LogP contribution in [0.3, 0.4) is 0 Å². The maximum Gasteiger partial charge on any atom is 2.00 e. The first-order valence-corrected chi connectivity index (χ1v) is 7.75. The Kier molecular flexibility index (Phi) is 17.1. The summed E-state index contributed by atoms with van der Waals surface area (Å²) in [6.45, 7) is 6.43. The molecule has 0 saturated carbocycles. The fourth-order valence-electron chi connectivity index (χ4n) is 2.17. The van der Waals surface area contributed by atoms with E-state index in [0.717, 1.165) is 5.56 Å². The van der Waals surface area contributed by atoms with Gasteiger partial charge in [-0.2, -0.15) is 0 Å². The van der Waals surface area contributed by atoms with Crippen LogP contribution >= 0.6 is 0 Å². The SMILES string of the molecule is CCOc1cc(NC(=O)c2ccc(C)cc2)c(OCC)cc1[N+]#N.[Cl-].[Cl-].[Cl-].[Zn+2]. The number of carbonyl (C=O) groups is 1. The van der Waals surface area contributed by atoms with E-state index in [0.29, 0.717) is 36.0 Å². The van der Waals surface area contributed by atoms with Crippen LogP contribution in [0.2, 0.25) is 0 Å². The van der Waals surface area contributed by atoms with Crippen molar-refractivity contribution < 1.29 is 71.0 Å². The summed E-state index contributed by atoms with van der Waals surface area (Å²) in [6.07, 6.45) is 0. The number of rotatable bonds is 6. The molecule has 0 unspecified atom stereocenters. The molecule has 0 saturated heterocycles. The average Bonchev–Trinajstić information content (AvgIpc) is 2.58.